The zero-order valence-corrected chi connectivity index (χ0v) is 11.6. The van der Waals surface area contributed by atoms with E-state index >= 15 is 0 Å². The van der Waals surface area contributed by atoms with Crippen molar-refractivity contribution in [3.63, 3.8) is 0 Å². The van der Waals surface area contributed by atoms with E-state index in [1.54, 1.807) is 12.4 Å². The number of hydrogen-bond donors (Lipinski definition) is 0. The van der Waals surface area contributed by atoms with Crippen LogP contribution in [-0.4, -0.2) is 27.7 Å². The van der Waals surface area contributed by atoms with Gasteiger partial charge in [0.25, 0.3) is 0 Å². The average Bonchev–Trinajstić information content (AvgIpc) is 2.49. The fourth-order valence-corrected chi connectivity index (χ4v) is 2.03. The molecule has 0 atom stereocenters. The van der Waals surface area contributed by atoms with Gasteiger partial charge < -0.3 is 0 Å². The van der Waals surface area contributed by atoms with Crippen molar-refractivity contribution < 1.29 is 0 Å². The van der Waals surface area contributed by atoms with Gasteiger partial charge in [-0.3, -0.25) is 9.97 Å². The normalized spacial score (nSPS) is 10.3. The van der Waals surface area contributed by atoms with E-state index in [0.717, 1.165) is 21.8 Å². The largest absolute Gasteiger partial charge is 0.254 e. The number of aromatic nitrogens is 2. The van der Waals surface area contributed by atoms with Gasteiger partial charge in [0.1, 0.15) is 0 Å². The topological polar surface area (TPSA) is 25.8 Å². The molecule has 0 spiro atoms. The molecule has 3 rings (SSSR count). The Morgan fingerprint density at radius 3 is 1.79 bits per heavy atom. The number of benzene rings is 1. The first-order chi connectivity index (χ1) is 9.36. The molecule has 0 fully saturated rings. The maximum atomic E-state index is 4.35. The Bertz CT molecular complexity index is 595. The Labute approximate surface area is 123 Å². The molecule has 0 unspecified atom stereocenters. The zero-order valence-electron chi connectivity index (χ0n) is 11.6. The van der Waals surface area contributed by atoms with Crippen LogP contribution in [0.4, 0.5) is 0 Å². The van der Waals surface area contributed by atoms with Gasteiger partial charge in [-0.1, -0.05) is 24.3 Å². The third-order valence-corrected chi connectivity index (χ3v) is 3.05. The van der Waals surface area contributed by atoms with Gasteiger partial charge in [0, 0.05) is 23.2 Å². The molecule has 0 aliphatic heterocycles. The molecule has 2 aromatic heterocycles. The number of pyridine rings is 2. The SMILES string of the molecule is [Li][CH2]CCC.c1cnc2c(c1)ccc1cccnc12. The van der Waals surface area contributed by atoms with Crippen LogP contribution in [0.3, 0.4) is 0 Å². The van der Waals surface area contributed by atoms with E-state index in [1.807, 2.05) is 12.1 Å². The Kier molecular flexibility index (Phi) is 5.39. The second-order valence-electron chi connectivity index (χ2n) is 4.57. The molecular formula is C16H17LiN2. The van der Waals surface area contributed by atoms with Crippen molar-refractivity contribution in [2.75, 3.05) is 0 Å². The number of hydrogen-bond acceptors (Lipinski definition) is 2. The second-order valence-corrected chi connectivity index (χ2v) is 4.57. The van der Waals surface area contributed by atoms with Crippen LogP contribution in [-0.2, 0) is 0 Å². The molecule has 92 valence electrons. The number of fused-ring (bicyclic) bond motifs is 3. The molecule has 3 aromatic rings. The molecule has 2 heterocycles. The number of rotatable bonds is 2. The van der Waals surface area contributed by atoms with Crippen molar-refractivity contribution in [2.24, 2.45) is 0 Å². The van der Waals surface area contributed by atoms with Gasteiger partial charge in [0.2, 0.25) is 0 Å². The summed E-state index contributed by atoms with van der Waals surface area (Å²) in [6.45, 7) is 2.21. The molecule has 0 radical (unpaired) electrons. The second kappa shape index (κ2) is 7.28. The van der Waals surface area contributed by atoms with E-state index in [9.17, 15) is 0 Å². The van der Waals surface area contributed by atoms with Crippen LogP contribution in [0.1, 0.15) is 19.8 Å². The summed E-state index contributed by atoms with van der Waals surface area (Å²) in [5, 5.41) is 3.62. The van der Waals surface area contributed by atoms with Gasteiger partial charge in [0.05, 0.1) is 11.0 Å². The molecule has 3 heteroatoms. The maximum Gasteiger partial charge on any atom is 0.0964 e. The predicted octanol–water partition coefficient (Wildman–Crippen LogP) is 4.16. The summed E-state index contributed by atoms with van der Waals surface area (Å²) in [5.41, 5.74) is 1.95. The number of unbranched alkanes of at least 4 members (excludes halogenated alkanes) is 1. The van der Waals surface area contributed by atoms with Crippen molar-refractivity contribution in [1.29, 1.82) is 0 Å². The summed E-state index contributed by atoms with van der Waals surface area (Å²) in [5.74, 6) is 0. The summed E-state index contributed by atoms with van der Waals surface area (Å²) in [7, 11) is 0. The molecule has 0 aliphatic carbocycles. The summed E-state index contributed by atoms with van der Waals surface area (Å²) in [4.78, 5) is 8.69. The summed E-state index contributed by atoms with van der Waals surface area (Å²) in [6.07, 6.45) is 6.34. The molecular weight excluding hydrogens is 227 g/mol. The molecule has 19 heavy (non-hydrogen) atoms. The molecule has 2 nitrogen and oxygen atoms in total. The van der Waals surface area contributed by atoms with Crippen molar-refractivity contribution >= 4 is 39.5 Å². The van der Waals surface area contributed by atoms with E-state index in [1.165, 1.54) is 17.9 Å². The van der Waals surface area contributed by atoms with E-state index in [4.69, 9.17) is 0 Å². The maximum absolute atomic E-state index is 4.35. The van der Waals surface area contributed by atoms with Crippen LogP contribution < -0.4 is 0 Å². The summed E-state index contributed by atoms with van der Waals surface area (Å²) < 4.78 is 0. The minimum Gasteiger partial charge on any atom is -0.254 e. The standard InChI is InChI=1S/C12H8N2.C4H9.Li/c1-3-9-5-6-10-4-2-8-14-12(10)11(9)13-7-1;1-3-4-2;/h1-8H;1,3-4H2,2H3;. The van der Waals surface area contributed by atoms with Gasteiger partial charge in [-0.2, -0.15) is 0 Å². The van der Waals surface area contributed by atoms with Gasteiger partial charge in [-0.15, -0.1) is 0 Å². The predicted molar refractivity (Wildman–Crippen MR) is 82.5 cm³/mol. The van der Waals surface area contributed by atoms with Crippen LogP contribution in [0.2, 0.25) is 5.09 Å². The monoisotopic (exact) mass is 244 g/mol. The Morgan fingerprint density at radius 1 is 0.895 bits per heavy atom. The third kappa shape index (κ3) is 3.56. The van der Waals surface area contributed by atoms with Crippen molar-refractivity contribution in [2.45, 2.75) is 24.9 Å². The summed E-state index contributed by atoms with van der Waals surface area (Å²) >= 11 is 2.21. The Hall–Kier alpha value is -1.36. The van der Waals surface area contributed by atoms with Gasteiger partial charge >= 0.3 is 42.6 Å². The van der Waals surface area contributed by atoms with Crippen molar-refractivity contribution in [3.8, 4) is 0 Å². The van der Waals surface area contributed by atoms with Crippen LogP contribution in [0, 0.1) is 0 Å². The first-order valence-corrected chi connectivity index (χ1v) is 6.95. The van der Waals surface area contributed by atoms with Crippen LogP contribution in [0.25, 0.3) is 21.8 Å². The Morgan fingerprint density at radius 2 is 1.42 bits per heavy atom. The molecule has 1 aromatic carbocycles. The average molecular weight is 244 g/mol. The minimum absolute atomic E-state index is 0.977. The fourth-order valence-electron chi connectivity index (χ4n) is 2.03. The molecule has 0 aliphatic rings. The fraction of sp³-hybridized carbons (Fsp3) is 0.250. The van der Waals surface area contributed by atoms with Crippen LogP contribution in [0.15, 0.2) is 48.8 Å². The molecule has 0 N–H and O–H groups in total. The first kappa shape index (κ1) is 14.1. The van der Waals surface area contributed by atoms with Crippen LogP contribution >= 0.6 is 0 Å². The molecule has 0 amide bonds. The Balaban J connectivity index is 0.000000232. The van der Waals surface area contributed by atoms with Crippen LogP contribution in [0.5, 0.6) is 0 Å². The first-order valence-electron chi connectivity index (χ1n) is 6.95. The van der Waals surface area contributed by atoms with Gasteiger partial charge in [0.15, 0.2) is 0 Å². The summed E-state index contributed by atoms with van der Waals surface area (Å²) in [6, 6.07) is 12.1. The molecule has 0 saturated carbocycles. The molecule has 0 saturated heterocycles. The van der Waals surface area contributed by atoms with Crippen molar-refractivity contribution in [3.05, 3.63) is 48.8 Å². The number of nitrogens with zero attached hydrogens (tertiary/aromatic N) is 2. The van der Waals surface area contributed by atoms with E-state index in [0.29, 0.717) is 0 Å². The van der Waals surface area contributed by atoms with E-state index in [2.05, 4.69) is 58.9 Å². The smallest absolute Gasteiger partial charge is 0.0964 e. The van der Waals surface area contributed by atoms with Gasteiger partial charge in [-0.05, 0) is 12.1 Å². The quantitative estimate of drug-likeness (QED) is 0.499. The van der Waals surface area contributed by atoms with Crippen molar-refractivity contribution in [1.82, 2.24) is 9.97 Å². The van der Waals surface area contributed by atoms with E-state index in [-0.39, 0.29) is 0 Å². The molecule has 0 bridgehead atoms. The minimum atomic E-state index is 0.977. The van der Waals surface area contributed by atoms with E-state index < -0.39 is 0 Å². The van der Waals surface area contributed by atoms with Gasteiger partial charge in [-0.25, -0.2) is 0 Å². The zero-order chi connectivity index (χ0) is 13.5. The third-order valence-electron chi connectivity index (χ3n) is 3.05.